The molecule has 1 fully saturated rings. The minimum Gasteiger partial charge on any atom is -0.341 e. The van der Waals surface area contributed by atoms with Gasteiger partial charge in [-0.25, -0.2) is 0 Å². The summed E-state index contributed by atoms with van der Waals surface area (Å²) in [6, 6.07) is 2.07. The van der Waals surface area contributed by atoms with Crippen LogP contribution in [0.4, 0.5) is 0 Å². The number of amides is 1. The van der Waals surface area contributed by atoms with Gasteiger partial charge in [-0.3, -0.25) is 4.79 Å². The van der Waals surface area contributed by atoms with Crippen LogP contribution in [-0.4, -0.2) is 23.9 Å². The van der Waals surface area contributed by atoms with Gasteiger partial charge in [0.1, 0.15) is 5.41 Å². The Morgan fingerprint density at radius 2 is 2.00 bits per heavy atom. The lowest BCUT2D eigenvalue weighted by molar-refractivity contribution is -0.139. The van der Waals surface area contributed by atoms with Gasteiger partial charge in [-0.1, -0.05) is 13.3 Å². The zero-order valence-corrected chi connectivity index (χ0v) is 9.92. The molecular weight excluding hydrogens is 188 g/mol. The Kier molecular flexibility index (Phi) is 3.73. The van der Waals surface area contributed by atoms with Crippen molar-refractivity contribution in [2.75, 3.05) is 13.1 Å². The van der Waals surface area contributed by atoms with Gasteiger partial charge in [-0.15, -0.1) is 0 Å². The molecule has 1 amide bonds. The predicted molar refractivity (Wildman–Crippen MR) is 59.0 cm³/mol. The van der Waals surface area contributed by atoms with Crippen molar-refractivity contribution in [2.24, 2.45) is 11.3 Å². The first-order valence-electron chi connectivity index (χ1n) is 5.72. The van der Waals surface area contributed by atoms with E-state index >= 15 is 0 Å². The SMILES string of the molecule is CCC1CCN(C(=O)C(C)(C)C#N)CC1. The summed E-state index contributed by atoms with van der Waals surface area (Å²) in [7, 11) is 0. The molecule has 0 aliphatic carbocycles. The molecule has 0 spiro atoms. The molecule has 0 unspecified atom stereocenters. The molecule has 0 atom stereocenters. The van der Waals surface area contributed by atoms with Crippen molar-refractivity contribution in [2.45, 2.75) is 40.0 Å². The van der Waals surface area contributed by atoms with Gasteiger partial charge in [-0.2, -0.15) is 5.26 Å². The molecule has 1 rings (SSSR count). The number of rotatable bonds is 2. The highest BCUT2D eigenvalue weighted by Gasteiger charge is 2.33. The second-order valence-corrected chi connectivity index (χ2v) is 4.88. The number of carbonyl (C=O) groups is 1. The molecule has 0 aromatic rings. The van der Waals surface area contributed by atoms with E-state index in [9.17, 15) is 4.79 Å². The van der Waals surface area contributed by atoms with Crippen molar-refractivity contribution in [3.63, 3.8) is 0 Å². The van der Waals surface area contributed by atoms with E-state index in [1.54, 1.807) is 13.8 Å². The minimum absolute atomic E-state index is 0.0143. The molecule has 0 N–H and O–H groups in total. The molecule has 3 nitrogen and oxygen atoms in total. The highest BCUT2D eigenvalue weighted by atomic mass is 16.2. The topological polar surface area (TPSA) is 44.1 Å². The second-order valence-electron chi connectivity index (χ2n) is 4.88. The Morgan fingerprint density at radius 1 is 1.47 bits per heavy atom. The largest absolute Gasteiger partial charge is 0.341 e. The smallest absolute Gasteiger partial charge is 0.242 e. The van der Waals surface area contributed by atoms with Crippen molar-refractivity contribution in [1.82, 2.24) is 4.90 Å². The van der Waals surface area contributed by atoms with Crippen LogP contribution >= 0.6 is 0 Å². The molecule has 1 heterocycles. The highest BCUT2D eigenvalue weighted by molar-refractivity contribution is 5.84. The fourth-order valence-corrected chi connectivity index (χ4v) is 1.99. The molecule has 3 heteroatoms. The first-order chi connectivity index (χ1) is 7.01. The van der Waals surface area contributed by atoms with Gasteiger partial charge in [0.2, 0.25) is 5.91 Å². The van der Waals surface area contributed by atoms with E-state index in [0.29, 0.717) is 0 Å². The van der Waals surface area contributed by atoms with Gasteiger partial charge in [0.25, 0.3) is 0 Å². The lowest BCUT2D eigenvalue weighted by atomic mass is 9.90. The van der Waals surface area contributed by atoms with Crippen molar-refractivity contribution < 1.29 is 4.79 Å². The summed E-state index contributed by atoms with van der Waals surface area (Å²) in [6.07, 6.45) is 3.37. The minimum atomic E-state index is -0.862. The number of likely N-dealkylation sites (tertiary alicyclic amines) is 1. The van der Waals surface area contributed by atoms with E-state index in [-0.39, 0.29) is 5.91 Å². The number of hydrogen-bond acceptors (Lipinski definition) is 2. The summed E-state index contributed by atoms with van der Waals surface area (Å²) in [5.74, 6) is 0.749. The van der Waals surface area contributed by atoms with Crippen LogP contribution < -0.4 is 0 Å². The zero-order chi connectivity index (χ0) is 11.5. The second kappa shape index (κ2) is 4.65. The van der Waals surface area contributed by atoms with Gasteiger partial charge in [0.15, 0.2) is 0 Å². The van der Waals surface area contributed by atoms with Crippen LogP contribution in [0.25, 0.3) is 0 Å². The van der Waals surface area contributed by atoms with Crippen molar-refractivity contribution in [1.29, 1.82) is 5.26 Å². The van der Waals surface area contributed by atoms with E-state index in [2.05, 4.69) is 13.0 Å². The molecule has 0 bridgehead atoms. The third kappa shape index (κ3) is 2.71. The maximum Gasteiger partial charge on any atom is 0.242 e. The maximum absolute atomic E-state index is 11.9. The molecular formula is C12H20N2O. The van der Waals surface area contributed by atoms with Crippen LogP contribution in [0.3, 0.4) is 0 Å². The molecule has 0 radical (unpaired) electrons. The van der Waals surface area contributed by atoms with E-state index in [0.717, 1.165) is 31.8 Å². The van der Waals surface area contributed by atoms with E-state index in [4.69, 9.17) is 5.26 Å². The van der Waals surface area contributed by atoms with Gasteiger partial charge in [-0.05, 0) is 32.6 Å². The van der Waals surface area contributed by atoms with Gasteiger partial charge in [0, 0.05) is 13.1 Å². The molecule has 1 aliphatic heterocycles. The molecule has 84 valence electrons. The Bertz CT molecular complexity index is 270. The zero-order valence-electron chi connectivity index (χ0n) is 9.92. The normalized spacial score (nSPS) is 18.7. The van der Waals surface area contributed by atoms with E-state index in [1.807, 2.05) is 4.90 Å². The summed E-state index contributed by atoms with van der Waals surface area (Å²) in [5.41, 5.74) is -0.862. The monoisotopic (exact) mass is 208 g/mol. The van der Waals surface area contributed by atoms with Crippen molar-refractivity contribution in [3.8, 4) is 6.07 Å². The number of hydrogen-bond donors (Lipinski definition) is 0. The van der Waals surface area contributed by atoms with Crippen LogP contribution in [0.15, 0.2) is 0 Å². The van der Waals surface area contributed by atoms with Gasteiger partial charge in [0.05, 0.1) is 6.07 Å². The first-order valence-corrected chi connectivity index (χ1v) is 5.72. The third-order valence-electron chi connectivity index (χ3n) is 3.29. The van der Waals surface area contributed by atoms with Gasteiger partial charge < -0.3 is 4.90 Å². The lowest BCUT2D eigenvalue weighted by Gasteiger charge is -2.34. The molecule has 1 saturated heterocycles. The van der Waals surface area contributed by atoms with Crippen molar-refractivity contribution in [3.05, 3.63) is 0 Å². The maximum atomic E-state index is 11.9. The number of carbonyl (C=O) groups excluding carboxylic acids is 1. The standard InChI is InChI=1S/C12H20N2O/c1-4-10-5-7-14(8-6-10)11(15)12(2,3)9-13/h10H,4-8H2,1-3H3. The van der Waals surface area contributed by atoms with Gasteiger partial charge >= 0.3 is 0 Å². The number of nitriles is 1. The number of piperidine rings is 1. The molecule has 0 aromatic heterocycles. The lowest BCUT2D eigenvalue weighted by Crippen LogP contribution is -2.44. The van der Waals surface area contributed by atoms with E-state index < -0.39 is 5.41 Å². The molecule has 15 heavy (non-hydrogen) atoms. The highest BCUT2D eigenvalue weighted by Crippen LogP contribution is 2.24. The fraction of sp³-hybridized carbons (Fsp3) is 0.833. The third-order valence-corrected chi connectivity index (χ3v) is 3.29. The summed E-state index contributed by atoms with van der Waals surface area (Å²) < 4.78 is 0. The molecule has 1 aliphatic rings. The quantitative estimate of drug-likeness (QED) is 0.698. The van der Waals surface area contributed by atoms with Crippen LogP contribution in [0, 0.1) is 22.7 Å². The Hall–Kier alpha value is -1.04. The predicted octanol–water partition coefficient (Wildman–Crippen LogP) is 2.18. The van der Waals surface area contributed by atoms with Crippen LogP contribution in [-0.2, 0) is 4.79 Å². The molecule has 0 aromatic carbocycles. The average molecular weight is 208 g/mol. The fourth-order valence-electron chi connectivity index (χ4n) is 1.99. The van der Waals surface area contributed by atoms with Crippen LogP contribution in [0.2, 0.25) is 0 Å². The van der Waals surface area contributed by atoms with E-state index in [1.165, 1.54) is 6.42 Å². The summed E-state index contributed by atoms with van der Waals surface area (Å²) in [6.45, 7) is 7.23. The summed E-state index contributed by atoms with van der Waals surface area (Å²) >= 11 is 0. The Labute approximate surface area is 92.1 Å². The van der Waals surface area contributed by atoms with Crippen LogP contribution in [0.1, 0.15) is 40.0 Å². The Balaban J connectivity index is 2.55. The Morgan fingerprint density at radius 3 is 2.40 bits per heavy atom. The summed E-state index contributed by atoms with van der Waals surface area (Å²) in [5, 5.41) is 8.90. The first kappa shape index (κ1) is 12.0. The van der Waals surface area contributed by atoms with Crippen molar-refractivity contribution >= 4 is 5.91 Å². The number of nitrogens with zero attached hydrogens (tertiary/aromatic N) is 2. The molecule has 0 saturated carbocycles. The average Bonchev–Trinajstić information content (AvgIpc) is 2.28. The van der Waals surface area contributed by atoms with Crippen LogP contribution in [0.5, 0.6) is 0 Å². The summed E-state index contributed by atoms with van der Waals surface area (Å²) in [4.78, 5) is 13.8.